The van der Waals surface area contributed by atoms with Crippen molar-refractivity contribution in [3.8, 4) is 0 Å². The maximum absolute atomic E-state index is 12.8. The van der Waals surface area contributed by atoms with Gasteiger partial charge in [-0.05, 0) is 43.9 Å². The molecule has 0 aromatic carbocycles. The van der Waals surface area contributed by atoms with Crippen molar-refractivity contribution in [1.29, 1.82) is 0 Å². The highest BCUT2D eigenvalue weighted by Crippen LogP contribution is 2.47. The number of amidine groups is 1. The fourth-order valence-corrected chi connectivity index (χ4v) is 3.69. The molecule has 1 atom stereocenters. The van der Waals surface area contributed by atoms with Crippen LogP contribution in [-0.4, -0.2) is 46.7 Å². The van der Waals surface area contributed by atoms with Crippen LogP contribution >= 0.6 is 0 Å². The lowest BCUT2D eigenvalue weighted by atomic mass is 9.61. The number of rotatable bonds is 4. The minimum atomic E-state index is -0.796. The number of piperidine rings is 1. The molecule has 1 saturated carbocycles. The van der Waals surface area contributed by atoms with E-state index in [1.165, 1.54) is 0 Å². The molecule has 1 saturated heterocycles. The molecule has 2 aliphatic rings. The van der Waals surface area contributed by atoms with Gasteiger partial charge < -0.3 is 20.9 Å². The Morgan fingerprint density at radius 3 is 2.75 bits per heavy atom. The summed E-state index contributed by atoms with van der Waals surface area (Å²) in [4.78, 5) is 14.6. The molecular formula is C14H25N3O3. The van der Waals surface area contributed by atoms with Crippen LogP contribution in [0.15, 0.2) is 5.16 Å². The molecule has 2 fully saturated rings. The lowest BCUT2D eigenvalue weighted by Crippen LogP contribution is -2.59. The molecule has 4 N–H and O–H groups in total. The van der Waals surface area contributed by atoms with Crippen molar-refractivity contribution in [2.45, 2.75) is 39.0 Å². The van der Waals surface area contributed by atoms with Gasteiger partial charge in [-0.1, -0.05) is 12.1 Å². The summed E-state index contributed by atoms with van der Waals surface area (Å²) in [5.74, 6) is 0.829. The van der Waals surface area contributed by atoms with E-state index in [0.29, 0.717) is 31.2 Å². The maximum Gasteiger partial charge on any atom is 0.236 e. The Morgan fingerprint density at radius 2 is 2.20 bits per heavy atom. The van der Waals surface area contributed by atoms with Crippen LogP contribution in [0.3, 0.4) is 0 Å². The van der Waals surface area contributed by atoms with Crippen molar-refractivity contribution in [3.05, 3.63) is 0 Å². The molecule has 6 heteroatoms. The zero-order chi connectivity index (χ0) is 14.8. The van der Waals surface area contributed by atoms with Crippen molar-refractivity contribution in [2.75, 3.05) is 19.7 Å². The monoisotopic (exact) mass is 283 g/mol. The summed E-state index contributed by atoms with van der Waals surface area (Å²) in [5, 5.41) is 21.1. The second kappa shape index (κ2) is 5.99. The Balaban J connectivity index is 2.08. The Labute approximate surface area is 119 Å². The molecule has 0 spiro atoms. The number of aliphatic hydroxyl groups is 1. The standard InChI is InChI=1S/C14H25N3O3/c1-10-7-14(8-10,12(15)16-20)13(19)17-5-2-3-11(9-17)4-6-18/h10-11,18,20H,2-9H2,1H3,(H2,15,16). The molecule has 1 amide bonds. The van der Waals surface area contributed by atoms with Crippen molar-refractivity contribution in [3.63, 3.8) is 0 Å². The largest absolute Gasteiger partial charge is 0.409 e. The average molecular weight is 283 g/mol. The first-order chi connectivity index (χ1) is 9.53. The quantitative estimate of drug-likeness (QED) is 0.307. The third kappa shape index (κ3) is 2.61. The van der Waals surface area contributed by atoms with Gasteiger partial charge in [0.2, 0.25) is 5.91 Å². The molecule has 1 heterocycles. The maximum atomic E-state index is 12.8. The van der Waals surface area contributed by atoms with E-state index in [0.717, 1.165) is 25.8 Å². The van der Waals surface area contributed by atoms with Gasteiger partial charge in [0.15, 0.2) is 5.84 Å². The zero-order valence-corrected chi connectivity index (χ0v) is 12.1. The normalized spacial score (nSPS) is 34.7. The van der Waals surface area contributed by atoms with Gasteiger partial charge in [-0.25, -0.2) is 0 Å². The molecule has 1 unspecified atom stereocenters. The minimum Gasteiger partial charge on any atom is -0.409 e. The fourth-order valence-electron chi connectivity index (χ4n) is 3.69. The Bertz CT molecular complexity index is 389. The highest BCUT2D eigenvalue weighted by Gasteiger charge is 2.54. The van der Waals surface area contributed by atoms with Gasteiger partial charge in [0, 0.05) is 19.7 Å². The molecule has 2 rings (SSSR count). The SMILES string of the molecule is CC1CC(C(=O)N2CCCC(CCO)C2)(C(N)=NO)C1. The lowest BCUT2D eigenvalue weighted by Gasteiger charge is -2.47. The topological polar surface area (TPSA) is 99.2 Å². The van der Waals surface area contributed by atoms with Gasteiger partial charge in [0.1, 0.15) is 5.41 Å². The molecule has 20 heavy (non-hydrogen) atoms. The van der Waals surface area contributed by atoms with Crippen LogP contribution in [0, 0.1) is 17.3 Å². The van der Waals surface area contributed by atoms with Crippen LogP contribution in [0.25, 0.3) is 0 Å². The molecule has 1 aliphatic heterocycles. The number of nitrogens with two attached hydrogens (primary N) is 1. The van der Waals surface area contributed by atoms with Gasteiger partial charge in [-0.2, -0.15) is 0 Å². The number of oxime groups is 1. The van der Waals surface area contributed by atoms with Gasteiger partial charge in [0.05, 0.1) is 0 Å². The number of carbonyl (C=O) groups is 1. The van der Waals surface area contributed by atoms with Gasteiger partial charge in [-0.15, -0.1) is 0 Å². The van der Waals surface area contributed by atoms with Crippen LogP contribution in [-0.2, 0) is 4.79 Å². The number of likely N-dealkylation sites (tertiary alicyclic amines) is 1. The predicted octanol–water partition coefficient (Wildman–Crippen LogP) is 0.770. The average Bonchev–Trinajstić information content (AvgIpc) is 2.42. The Morgan fingerprint density at radius 1 is 1.50 bits per heavy atom. The number of nitrogens with zero attached hydrogens (tertiary/aromatic N) is 2. The van der Waals surface area contributed by atoms with E-state index in [9.17, 15) is 4.79 Å². The van der Waals surface area contributed by atoms with E-state index in [-0.39, 0.29) is 18.3 Å². The molecule has 114 valence electrons. The first-order valence-electron chi connectivity index (χ1n) is 7.41. The summed E-state index contributed by atoms with van der Waals surface area (Å²) in [6.45, 7) is 3.64. The fraction of sp³-hybridized carbons (Fsp3) is 0.857. The molecule has 1 aliphatic carbocycles. The third-order valence-corrected chi connectivity index (χ3v) is 4.74. The van der Waals surface area contributed by atoms with E-state index < -0.39 is 5.41 Å². The second-order valence-electron chi connectivity index (χ2n) is 6.35. The van der Waals surface area contributed by atoms with Crippen molar-refractivity contribution >= 4 is 11.7 Å². The zero-order valence-electron chi connectivity index (χ0n) is 12.1. The van der Waals surface area contributed by atoms with Crippen LogP contribution in [0.2, 0.25) is 0 Å². The summed E-state index contributed by atoms with van der Waals surface area (Å²) < 4.78 is 0. The first kappa shape index (κ1) is 15.1. The summed E-state index contributed by atoms with van der Waals surface area (Å²) in [6.07, 6.45) is 4.05. The molecule has 6 nitrogen and oxygen atoms in total. The van der Waals surface area contributed by atoms with Crippen molar-refractivity contribution < 1.29 is 15.1 Å². The number of hydrogen-bond acceptors (Lipinski definition) is 4. The molecular weight excluding hydrogens is 258 g/mol. The second-order valence-corrected chi connectivity index (χ2v) is 6.35. The van der Waals surface area contributed by atoms with E-state index >= 15 is 0 Å². The van der Waals surface area contributed by atoms with Crippen LogP contribution in [0.4, 0.5) is 0 Å². The van der Waals surface area contributed by atoms with E-state index in [1.807, 2.05) is 4.90 Å². The Hall–Kier alpha value is -1.30. The molecule has 0 radical (unpaired) electrons. The minimum absolute atomic E-state index is 0.00598. The van der Waals surface area contributed by atoms with Crippen LogP contribution < -0.4 is 5.73 Å². The molecule has 0 bridgehead atoms. The number of amides is 1. The predicted molar refractivity (Wildman–Crippen MR) is 75.2 cm³/mol. The Kier molecular flexibility index (Phi) is 4.52. The first-order valence-corrected chi connectivity index (χ1v) is 7.41. The summed E-state index contributed by atoms with van der Waals surface area (Å²) >= 11 is 0. The highest BCUT2D eigenvalue weighted by atomic mass is 16.4. The molecule has 0 aromatic rings. The number of aliphatic hydroxyl groups excluding tert-OH is 1. The van der Waals surface area contributed by atoms with E-state index in [1.54, 1.807) is 0 Å². The third-order valence-electron chi connectivity index (χ3n) is 4.74. The van der Waals surface area contributed by atoms with Crippen LogP contribution in [0.1, 0.15) is 39.0 Å². The van der Waals surface area contributed by atoms with E-state index in [4.69, 9.17) is 16.0 Å². The number of hydrogen-bond donors (Lipinski definition) is 3. The van der Waals surface area contributed by atoms with E-state index in [2.05, 4.69) is 12.1 Å². The smallest absolute Gasteiger partial charge is 0.236 e. The van der Waals surface area contributed by atoms with Gasteiger partial charge in [-0.3, -0.25) is 4.79 Å². The summed E-state index contributed by atoms with van der Waals surface area (Å²) in [6, 6.07) is 0. The summed E-state index contributed by atoms with van der Waals surface area (Å²) in [7, 11) is 0. The van der Waals surface area contributed by atoms with Gasteiger partial charge in [0.25, 0.3) is 0 Å². The number of carbonyl (C=O) groups excluding carboxylic acids is 1. The van der Waals surface area contributed by atoms with Crippen molar-refractivity contribution in [2.24, 2.45) is 28.1 Å². The van der Waals surface area contributed by atoms with Gasteiger partial charge >= 0.3 is 0 Å². The molecule has 0 aromatic heterocycles. The van der Waals surface area contributed by atoms with Crippen molar-refractivity contribution in [1.82, 2.24) is 4.90 Å². The lowest BCUT2D eigenvalue weighted by molar-refractivity contribution is -0.146. The highest BCUT2D eigenvalue weighted by molar-refractivity contribution is 6.07. The summed E-state index contributed by atoms with van der Waals surface area (Å²) in [5.41, 5.74) is 4.99. The van der Waals surface area contributed by atoms with Crippen LogP contribution in [0.5, 0.6) is 0 Å².